The number of Topliss-reactive ketones (excluding diaryl/α,β-unsaturated/α-hetero) is 1. The number of rotatable bonds is 3. The normalized spacial score (nSPS) is 12.8. The molecule has 1 aromatic carbocycles. The lowest BCUT2D eigenvalue weighted by Crippen LogP contribution is -2.14. The highest BCUT2D eigenvalue weighted by Gasteiger charge is 2.19. The summed E-state index contributed by atoms with van der Waals surface area (Å²) in [6.07, 6.45) is 0. The first-order valence-electron chi connectivity index (χ1n) is 4.92. The molecule has 0 amide bonds. The molecule has 1 aromatic rings. The van der Waals surface area contributed by atoms with E-state index < -0.39 is 5.66 Å². The molecule has 1 rings (SSSR count). The predicted molar refractivity (Wildman–Crippen MR) is 62.1 cm³/mol. The Morgan fingerprint density at radius 2 is 1.67 bits per heavy atom. The Balaban J connectivity index is 3.25. The summed E-state index contributed by atoms with van der Waals surface area (Å²) >= 11 is 0. The molecular weight excluding hydrogens is 207 g/mol. The van der Waals surface area contributed by atoms with Gasteiger partial charge in [-0.2, -0.15) is 0 Å². The van der Waals surface area contributed by atoms with E-state index in [-0.39, 0.29) is 14.2 Å². The standard InChI is InChI=1S/C12H15O2P/c1-7-5-8(2)11(9(3)6-7)12(13)10(4)15-14/h5-6,10H,1-4H3. The van der Waals surface area contributed by atoms with Crippen LogP contribution < -0.4 is 0 Å². The second kappa shape index (κ2) is 4.67. The van der Waals surface area contributed by atoms with E-state index in [2.05, 4.69) is 0 Å². The summed E-state index contributed by atoms with van der Waals surface area (Å²) in [6.45, 7) is 7.52. The topological polar surface area (TPSA) is 34.1 Å². The molecule has 0 radical (unpaired) electrons. The van der Waals surface area contributed by atoms with E-state index in [0.717, 1.165) is 22.3 Å². The zero-order valence-electron chi connectivity index (χ0n) is 9.50. The summed E-state index contributed by atoms with van der Waals surface area (Å²) in [5.74, 6) is -0.0401. The van der Waals surface area contributed by atoms with Gasteiger partial charge in [0.15, 0.2) is 14.2 Å². The molecular formula is C12H15O2P. The zero-order valence-corrected chi connectivity index (χ0v) is 10.4. The zero-order chi connectivity index (χ0) is 11.6. The second-order valence-corrected chi connectivity index (χ2v) is 4.90. The number of carbonyl (C=O) groups is 1. The van der Waals surface area contributed by atoms with E-state index in [9.17, 15) is 9.36 Å². The van der Waals surface area contributed by atoms with E-state index >= 15 is 0 Å². The van der Waals surface area contributed by atoms with Gasteiger partial charge in [0, 0.05) is 5.56 Å². The molecule has 0 saturated heterocycles. The third-order valence-corrected chi connectivity index (χ3v) is 3.01. The largest absolute Gasteiger partial charge is 0.293 e. The van der Waals surface area contributed by atoms with Crippen LogP contribution in [-0.4, -0.2) is 11.4 Å². The Morgan fingerprint density at radius 3 is 2.07 bits per heavy atom. The van der Waals surface area contributed by atoms with Gasteiger partial charge in [0.2, 0.25) is 0 Å². The van der Waals surface area contributed by atoms with Gasteiger partial charge in [0.25, 0.3) is 0 Å². The van der Waals surface area contributed by atoms with E-state index in [1.54, 1.807) is 6.92 Å². The summed E-state index contributed by atoms with van der Waals surface area (Å²) in [4.78, 5) is 11.9. The Bertz CT molecular complexity index is 387. The van der Waals surface area contributed by atoms with Crippen LogP contribution in [0.25, 0.3) is 0 Å². The molecule has 0 aromatic heterocycles. The van der Waals surface area contributed by atoms with Gasteiger partial charge in [-0.25, -0.2) is 0 Å². The summed E-state index contributed by atoms with van der Waals surface area (Å²) in [5, 5.41) is 0. The fourth-order valence-corrected chi connectivity index (χ4v) is 2.05. The minimum absolute atomic E-state index is 0.0401. The first kappa shape index (κ1) is 12.1. The molecule has 0 saturated carbocycles. The molecule has 15 heavy (non-hydrogen) atoms. The van der Waals surface area contributed by atoms with Gasteiger partial charge in [-0.05, 0) is 38.8 Å². The minimum atomic E-state index is -0.454. The number of hydrogen-bond acceptors (Lipinski definition) is 2. The van der Waals surface area contributed by atoms with Crippen molar-refractivity contribution in [1.82, 2.24) is 0 Å². The molecule has 3 heteroatoms. The van der Waals surface area contributed by atoms with Gasteiger partial charge in [-0.3, -0.25) is 9.36 Å². The summed E-state index contributed by atoms with van der Waals surface area (Å²) in [5.41, 5.74) is 3.34. The lowest BCUT2D eigenvalue weighted by Gasteiger charge is -2.11. The molecule has 0 aliphatic rings. The van der Waals surface area contributed by atoms with Crippen molar-refractivity contribution in [2.45, 2.75) is 33.4 Å². The van der Waals surface area contributed by atoms with E-state index in [4.69, 9.17) is 0 Å². The summed E-state index contributed by atoms with van der Waals surface area (Å²) in [6, 6.07) is 3.96. The maximum absolute atomic E-state index is 11.9. The average molecular weight is 222 g/mol. The Labute approximate surface area is 91.9 Å². The molecule has 1 unspecified atom stereocenters. The van der Waals surface area contributed by atoms with Crippen LogP contribution in [0.1, 0.15) is 34.0 Å². The minimum Gasteiger partial charge on any atom is -0.293 e. The van der Waals surface area contributed by atoms with Gasteiger partial charge in [-0.1, -0.05) is 17.7 Å². The number of carbonyl (C=O) groups excluding carboxylic acids is 1. The third-order valence-electron chi connectivity index (χ3n) is 2.46. The van der Waals surface area contributed by atoms with Crippen LogP contribution >= 0.6 is 8.46 Å². The van der Waals surface area contributed by atoms with Gasteiger partial charge in [-0.15, -0.1) is 0 Å². The van der Waals surface area contributed by atoms with Crippen molar-refractivity contribution in [3.8, 4) is 0 Å². The van der Waals surface area contributed by atoms with Crippen molar-refractivity contribution in [1.29, 1.82) is 0 Å². The maximum atomic E-state index is 11.9. The molecule has 0 bridgehead atoms. The van der Waals surface area contributed by atoms with Crippen LogP contribution in [0.4, 0.5) is 0 Å². The molecule has 0 aliphatic heterocycles. The maximum Gasteiger partial charge on any atom is 0.177 e. The highest BCUT2D eigenvalue weighted by molar-refractivity contribution is 7.26. The fraction of sp³-hybridized carbons (Fsp3) is 0.417. The fourth-order valence-electron chi connectivity index (χ4n) is 1.83. The van der Waals surface area contributed by atoms with Crippen molar-refractivity contribution >= 4 is 14.2 Å². The Morgan fingerprint density at radius 1 is 1.20 bits per heavy atom. The van der Waals surface area contributed by atoms with Crippen molar-refractivity contribution in [3.05, 3.63) is 34.4 Å². The highest BCUT2D eigenvalue weighted by atomic mass is 31.1. The highest BCUT2D eigenvalue weighted by Crippen LogP contribution is 2.21. The smallest absolute Gasteiger partial charge is 0.177 e. The van der Waals surface area contributed by atoms with E-state index in [0.29, 0.717) is 0 Å². The SMILES string of the molecule is Cc1cc(C)c(C(=O)C(C)P=O)c(C)c1. The van der Waals surface area contributed by atoms with Crippen molar-refractivity contribution in [2.24, 2.45) is 0 Å². The number of aryl methyl sites for hydroxylation is 3. The molecule has 0 spiro atoms. The second-order valence-electron chi connectivity index (χ2n) is 3.92. The predicted octanol–water partition coefficient (Wildman–Crippen LogP) is 3.47. The molecule has 0 fully saturated rings. The average Bonchev–Trinajstić information content (AvgIpc) is 2.14. The van der Waals surface area contributed by atoms with Crippen molar-refractivity contribution < 1.29 is 9.36 Å². The van der Waals surface area contributed by atoms with Gasteiger partial charge < -0.3 is 0 Å². The number of benzene rings is 1. The third kappa shape index (κ3) is 2.51. The lowest BCUT2D eigenvalue weighted by molar-refractivity contribution is 0.0991. The van der Waals surface area contributed by atoms with Crippen LogP contribution in [0.3, 0.4) is 0 Å². The Kier molecular flexibility index (Phi) is 3.76. The van der Waals surface area contributed by atoms with Gasteiger partial charge in [0.1, 0.15) is 5.66 Å². The van der Waals surface area contributed by atoms with E-state index in [1.165, 1.54) is 0 Å². The molecule has 1 atom stereocenters. The van der Waals surface area contributed by atoms with Crippen LogP contribution in [0.15, 0.2) is 12.1 Å². The van der Waals surface area contributed by atoms with Gasteiger partial charge in [0.05, 0.1) is 0 Å². The summed E-state index contributed by atoms with van der Waals surface area (Å²) in [7, 11) is -0.111. The molecule has 0 aliphatic carbocycles. The molecule has 0 heterocycles. The van der Waals surface area contributed by atoms with Crippen molar-refractivity contribution in [2.75, 3.05) is 0 Å². The Hall–Kier alpha value is -1.01. The molecule has 0 N–H and O–H groups in total. The van der Waals surface area contributed by atoms with E-state index in [1.807, 2.05) is 32.9 Å². The summed E-state index contributed by atoms with van der Waals surface area (Å²) < 4.78 is 10.7. The first-order valence-corrected chi connectivity index (χ1v) is 5.80. The van der Waals surface area contributed by atoms with Crippen LogP contribution in [0, 0.1) is 20.8 Å². The van der Waals surface area contributed by atoms with Crippen LogP contribution in [-0.2, 0) is 4.57 Å². The number of ketones is 1. The van der Waals surface area contributed by atoms with Gasteiger partial charge >= 0.3 is 0 Å². The van der Waals surface area contributed by atoms with Crippen molar-refractivity contribution in [3.63, 3.8) is 0 Å². The quantitative estimate of drug-likeness (QED) is 0.579. The monoisotopic (exact) mass is 222 g/mol. The number of hydrogen-bond donors (Lipinski definition) is 0. The first-order chi connectivity index (χ1) is 6.97. The van der Waals surface area contributed by atoms with Crippen LogP contribution in [0.5, 0.6) is 0 Å². The molecule has 80 valence electrons. The lowest BCUT2D eigenvalue weighted by atomic mass is 9.95. The van der Waals surface area contributed by atoms with Crippen LogP contribution in [0.2, 0.25) is 0 Å². The molecule has 2 nitrogen and oxygen atoms in total.